The molecule has 4 rings (SSSR count). The zero-order valence-electron chi connectivity index (χ0n) is 35.5. The first-order valence-corrected chi connectivity index (χ1v) is 19.4. The molecule has 0 spiro atoms. The topological polar surface area (TPSA) is 278 Å². The van der Waals surface area contributed by atoms with Crippen molar-refractivity contribution in [1.82, 2.24) is 0 Å². The Bertz CT molecular complexity index is 1960. The molecular weight excluding hydrogens is 913 g/mol. The second-order valence-electron chi connectivity index (χ2n) is 13.6. The first kappa shape index (κ1) is 61.6. The molecule has 4 aromatic rings. The Morgan fingerprint density at radius 2 is 0.938 bits per heavy atom. The van der Waals surface area contributed by atoms with Crippen LogP contribution in [0.3, 0.4) is 0 Å². The molecule has 0 unspecified atom stereocenters. The van der Waals surface area contributed by atoms with Crippen molar-refractivity contribution in [3.63, 3.8) is 0 Å². The van der Waals surface area contributed by atoms with Gasteiger partial charge in [-0.25, -0.2) is 8.78 Å². The number of benzene rings is 4. The molecule has 0 saturated carbocycles. The average Bonchev–Trinajstić information content (AvgIpc) is 3.20. The Hall–Kier alpha value is -4.50. The number of ether oxygens (including phenoxy) is 6. The summed E-state index contributed by atoms with van der Waals surface area (Å²) in [6.45, 7) is 5.81. The predicted octanol–water partition coefficient (Wildman–Crippen LogP) is 3.33. The summed E-state index contributed by atoms with van der Waals surface area (Å²) in [5.74, 6) is -1.33. The molecule has 6 N–H and O–H groups in total. The van der Waals surface area contributed by atoms with E-state index in [1.54, 1.807) is 88.4 Å². The van der Waals surface area contributed by atoms with E-state index in [1.807, 2.05) is 12.1 Å². The maximum atomic E-state index is 14.2. The molecule has 0 radical (unpaired) electrons. The van der Waals surface area contributed by atoms with Gasteiger partial charge in [-0.3, -0.25) is 0 Å². The third kappa shape index (κ3) is 22.9. The zero-order chi connectivity index (χ0) is 44.2. The number of hydrogen-bond donors (Lipinski definition) is 0. The molecule has 344 valence electrons. The van der Waals surface area contributed by atoms with Crippen LogP contribution in [0.4, 0.5) is 8.78 Å². The fourth-order valence-electron chi connectivity index (χ4n) is 5.24. The van der Waals surface area contributed by atoms with E-state index in [9.17, 15) is 28.6 Å². The van der Waals surface area contributed by atoms with Crippen LogP contribution in [0.1, 0.15) is 49.9 Å². The quantitative estimate of drug-likeness (QED) is 0.103. The summed E-state index contributed by atoms with van der Waals surface area (Å²) in [5.41, 5.74) is 1.76. The van der Waals surface area contributed by atoms with Crippen molar-refractivity contribution in [2.45, 2.75) is 77.3 Å². The SMILES string of the molecule is CC(C)O[C@@H](Cc1cccc(OC[C@H](F)COc2ccc(Cl)cc2C#N)c1)C(=O)[O-].CC(C)O[C@@H](Cc1cccc(OC[C@H](F)COc2ccc(Cl)cc2C#N)c1)C(=O)[O-].O.O.O.[Ca+2]. The van der Waals surface area contributed by atoms with E-state index in [0.29, 0.717) is 32.7 Å². The normalized spacial score (nSPS) is 12.0. The molecule has 20 heteroatoms. The number of halogens is 4. The van der Waals surface area contributed by atoms with E-state index in [-0.39, 0.29) is 128 Å². The number of rotatable bonds is 22. The predicted molar refractivity (Wildman–Crippen MR) is 231 cm³/mol. The van der Waals surface area contributed by atoms with Crippen LogP contribution in [0, 0.1) is 22.7 Å². The Morgan fingerprint density at radius 1 is 0.594 bits per heavy atom. The van der Waals surface area contributed by atoms with Crippen LogP contribution >= 0.6 is 23.2 Å². The molecule has 4 atom stereocenters. The van der Waals surface area contributed by atoms with Crippen LogP contribution in [0.5, 0.6) is 23.0 Å². The molecule has 0 aliphatic carbocycles. The zero-order valence-corrected chi connectivity index (χ0v) is 39.2. The van der Waals surface area contributed by atoms with Crippen LogP contribution in [-0.2, 0) is 31.9 Å². The summed E-state index contributed by atoms with van der Waals surface area (Å²) >= 11 is 11.6. The van der Waals surface area contributed by atoms with Gasteiger partial charge in [-0.2, -0.15) is 10.5 Å². The summed E-state index contributed by atoms with van der Waals surface area (Å²) in [4.78, 5) is 22.5. The minimum atomic E-state index is -1.45. The van der Waals surface area contributed by atoms with Crippen LogP contribution in [0.15, 0.2) is 84.9 Å². The maximum Gasteiger partial charge on any atom is 2.00 e. The fraction of sp³-hybridized carbons (Fsp3) is 0.364. The van der Waals surface area contributed by atoms with Crippen LogP contribution in [-0.4, -0.2) is 129 Å². The smallest absolute Gasteiger partial charge is 0.547 e. The van der Waals surface area contributed by atoms with Crippen molar-refractivity contribution in [1.29, 1.82) is 10.5 Å². The number of aliphatic carboxylic acids is 2. The van der Waals surface area contributed by atoms with E-state index in [0.717, 1.165) is 0 Å². The number of carboxylic acids is 2. The van der Waals surface area contributed by atoms with Crippen molar-refractivity contribution in [2.75, 3.05) is 26.4 Å². The van der Waals surface area contributed by atoms with Gasteiger partial charge < -0.3 is 64.7 Å². The van der Waals surface area contributed by atoms with Gasteiger partial charge in [0.05, 0.1) is 35.3 Å². The van der Waals surface area contributed by atoms with Crippen molar-refractivity contribution in [2.24, 2.45) is 0 Å². The fourth-order valence-corrected chi connectivity index (χ4v) is 5.59. The minimum Gasteiger partial charge on any atom is -0.547 e. The van der Waals surface area contributed by atoms with Gasteiger partial charge in [-0.15, -0.1) is 0 Å². The van der Waals surface area contributed by atoms with Gasteiger partial charge >= 0.3 is 37.7 Å². The van der Waals surface area contributed by atoms with Gasteiger partial charge in [-0.1, -0.05) is 47.5 Å². The van der Waals surface area contributed by atoms with Crippen molar-refractivity contribution < 1.29 is 73.4 Å². The Balaban J connectivity index is 0. The molecule has 0 aliphatic rings. The largest absolute Gasteiger partial charge is 2.00 e. The van der Waals surface area contributed by atoms with Crippen molar-refractivity contribution in [3.8, 4) is 35.1 Å². The molecule has 15 nitrogen and oxygen atoms in total. The molecule has 0 aromatic heterocycles. The van der Waals surface area contributed by atoms with E-state index in [1.165, 1.54) is 24.3 Å². The van der Waals surface area contributed by atoms with E-state index < -0.39 is 36.5 Å². The number of nitrogens with zero attached hydrogens (tertiary/aromatic N) is 2. The van der Waals surface area contributed by atoms with Gasteiger partial charge in [0.15, 0.2) is 12.3 Å². The van der Waals surface area contributed by atoms with Crippen LogP contribution in [0.2, 0.25) is 10.0 Å². The number of hydrogen-bond acceptors (Lipinski definition) is 12. The summed E-state index contributed by atoms with van der Waals surface area (Å²) in [6, 6.07) is 26.2. The number of carbonyl (C=O) groups is 2. The molecule has 0 amide bonds. The maximum absolute atomic E-state index is 14.2. The molecule has 4 aromatic carbocycles. The molecular formula is C44H50CaCl2F2N2O13. The summed E-state index contributed by atoms with van der Waals surface area (Å²) < 4.78 is 60.7. The molecule has 0 heterocycles. The second kappa shape index (κ2) is 32.2. The van der Waals surface area contributed by atoms with Crippen LogP contribution in [0.25, 0.3) is 0 Å². The van der Waals surface area contributed by atoms with Gasteiger partial charge in [-0.05, 0) is 99.5 Å². The Morgan fingerprint density at radius 3 is 1.25 bits per heavy atom. The minimum absolute atomic E-state index is 0. The number of nitriles is 2. The number of carboxylic acid groups (broad SMARTS) is 2. The van der Waals surface area contributed by atoms with Crippen LogP contribution < -0.4 is 29.2 Å². The third-order valence-electron chi connectivity index (χ3n) is 7.86. The van der Waals surface area contributed by atoms with Gasteiger partial charge in [0.2, 0.25) is 0 Å². The Kier molecular flexibility index (Phi) is 31.0. The number of alkyl halides is 2. The van der Waals surface area contributed by atoms with E-state index in [2.05, 4.69) is 0 Å². The first-order valence-electron chi connectivity index (χ1n) is 18.7. The molecule has 0 aliphatic heterocycles. The van der Waals surface area contributed by atoms with Crippen molar-refractivity contribution in [3.05, 3.63) is 117 Å². The monoisotopic (exact) mass is 962 g/mol. The van der Waals surface area contributed by atoms with E-state index in [4.69, 9.17) is 62.1 Å². The Labute approximate surface area is 410 Å². The standard InChI is InChI=1S/2C22H23ClFNO5.Ca.3H2O/c2*1-14(2)30-21(22(26)27)9-15-4-3-5-19(8-15)28-12-18(24)13-29-20-7-6-17(23)10-16(20)11-25;;;;/h2*3-8,10,14,18,21H,9,12-13H2,1-2H3,(H,26,27);;3*1H2/q;;+2;;;/p-2/t2*18-,21-;;;;/m00..../s1. The van der Waals surface area contributed by atoms with E-state index >= 15 is 0 Å². The van der Waals surface area contributed by atoms with Crippen molar-refractivity contribution >= 4 is 72.9 Å². The molecule has 64 heavy (non-hydrogen) atoms. The first-order chi connectivity index (χ1) is 28.6. The van der Waals surface area contributed by atoms with Gasteiger partial charge in [0, 0.05) is 22.9 Å². The third-order valence-corrected chi connectivity index (χ3v) is 8.33. The molecule has 0 fully saturated rings. The summed E-state index contributed by atoms with van der Waals surface area (Å²) in [5, 5.41) is 41.4. The van der Waals surface area contributed by atoms with Gasteiger partial charge in [0.25, 0.3) is 0 Å². The second-order valence-corrected chi connectivity index (χ2v) is 14.5. The average molecular weight is 964 g/mol. The van der Waals surface area contributed by atoms with Gasteiger partial charge in [0.1, 0.15) is 73.8 Å². The molecule has 0 bridgehead atoms. The molecule has 0 saturated heterocycles. The number of carbonyl (C=O) groups excluding carboxylic acids is 2. The summed E-state index contributed by atoms with van der Waals surface area (Å²) in [7, 11) is 0. The summed E-state index contributed by atoms with van der Waals surface area (Å²) in [6.07, 6.45) is -5.38.